The molecule has 436 valence electrons. The molecule has 10 heterocycles. The van der Waals surface area contributed by atoms with Crippen molar-refractivity contribution in [3.05, 3.63) is 133 Å². The Labute approximate surface area is 491 Å². The first kappa shape index (κ1) is 65.0. The van der Waals surface area contributed by atoms with E-state index in [1.807, 2.05) is 50.5 Å². The predicted octanol–water partition coefficient (Wildman–Crippen LogP) is 12.1. The number of aryl methyl sites for hydroxylation is 2. The maximum Gasteiger partial charge on any atom is 0.129 e. The highest BCUT2D eigenvalue weighted by molar-refractivity contribution is 7.95. The molecule has 5 aromatic heterocycles. The first-order chi connectivity index (χ1) is 37.7. The zero-order chi connectivity index (χ0) is 57.3. The lowest BCUT2D eigenvalue weighted by molar-refractivity contribution is 0.665. The zero-order valence-electron chi connectivity index (χ0n) is 46.6. The smallest absolute Gasteiger partial charge is 0.129 e. The van der Waals surface area contributed by atoms with Gasteiger partial charge in [-0.3, -0.25) is 4.98 Å². The van der Waals surface area contributed by atoms with Crippen LogP contribution in [0.3, 0.4) is 0 Å². The first-order valence-corrected chi connectivity index (χ1v) is 37.6. The second-order valence-corrected chi connectivity index (χ2v) is 36.9. The quantitative estimate of drug-likeness (QED) is 0.121. The Hall–Kier alpha value is -3.15. The van der Waals surface area contributed by atoms with Gasteiger partial charge in [-0.2, -0.15) is 0 Å². The van der Waals surface area contributed by atoms with Crippen LogP contribution in [0.4, 0.5) is 0 Å². The Morgan fingerprint density at radius 1 is 0.405 bits per heavy atom. The molecule has 0 N–H and O–H groups in total. The van der Waals surface area contributed by atoms with Crippen molar-refractivity contribution in [1.29, 1.82) is 0 Å². The molecule has 0 spiro atoms. The van der Waals surface area contributed by atoms with E-state index in [0.29, 0.717) is 15.5 Å². The Morgan fingerprint density at radius 2 is 0.684 bits per heavy atom. The van der Waals surface area contributed by atoms with Crippen LogP contribution >= 0.6 is 46.1 Å². The van der Waals surface area contributed by atoms with Gasteiger partial charge >= 0.3 is 0 Å². The van der Waals surface area contributed by atoms with Crippen LogP contribution in [-0.4, -0.2) is 136 Å². The summed E-state index contributed by atoms with van der Waals surface area (Å²) in [6, 6.07) is 15.3. The number of hydrogen-bond donors (Lipinski definition) is 0. The van der Waals surface area contributed by atoms with Crippen LogP contribution in [0.5, 0.6) is 0 Å². The fourth-order valence-electron chi connectivity index (χ4n) is 10.7. The highest BCUT2D eigenvalue weighted by Crippen LogP contribution is 2.30. The normalized spacial score (nSPS) is 29.5. The number of nitrogens with zero attached hydrogens (tertiary/aromatic N) is 10. The Balaban J connectivity index is 0.000000160. The van der Waals surface area contributed by atoms with Crippen LogP contribution in [0.15, 0.2) is 101 Å². The molecule has 0 radical (unpaired) electrons. The van der Waals surface area contributed by atoms with Crippen LogP contribution in [0.1, 0.15) is 102 Å². The maximum atomic E-state index is 12.4. The lowest BCUT2D eigenvalue weighted by atomic mass is 10.1. The first-order valence-electron chi connectivity index (χ1n) is 26.9. The molecule has 0 bridgehead atoms. The molecular formula is C55H79Cl3N10O5S6. The van der Waals surface area contributed by atoms with Gasteiger partial charge in [-0.05, 0) is 157 Å². The summed E-state index contributed by atoms with van der Waals surface area (Å²) in [5.74, 6) is 3.79. The van der Waals surface area contributed by atoms with Crippen molar-refractivity contribution in [3.8, 4) is 0 Å². The molecule has 5 fully saturated rings. The van der Waals surface area contributed by atoms with Crippen molar-refractivity contribution in [1.82, 2.24) is 24.9 Å². The van der Waals surface area contributed by atoms with Crippen molar-refractivity contribution < 1.29 is 21.0 Å². The summed E-state index contributed by atoms with van der Waals surface area (Å²) in [5.41, 5.74) is 5.47. The van der Waals surface area contributed by atoms with E-state index < -0.39 is 48.6 Å². The molecular weight excluding hydrogens is 1180 g/mol. The Morgan fingerprint density at radius 3 is 0.911 bits per heavy atom. The number of hydrogen-bond acceptors (Lipinski definition) is 16. The van der Waals surface area contributed by atoms with Crippen molar-refractivity contribution in [2.75, 3.05) is 64.0 Å². The standard InChI is InChI=1S/C12H18N2OS.3C11H15ClN2OS.C10H16N2OS2/c1-10-5-6-11(9-14-10)8-12-4-3-7-16(12,15)13-2;3*1-13-16(15)6-2-3-10(16)7-9-4-5-11(12)14-8-9;1-8-12-7-9(14-8)6-10-4-3-5-15(10,13)11-2/h5-6,9,12H,3-4,7-8H2,1-2H3;3*4-5,8,10H,2-3,6-7H2,1H3;7,10H,3-6H2,1-2H3/t;2*10-,16?;;/m.10../s1. The minimum absolute atomic E-state index is 0.181. The highest BCUT2D eigenvalue weighted by atomic mass is 35.5. The fraction of sp³-hybridized carbons (Fsp3) is 0.582. The molecule has 79 heavy (non-hydrogen) atoms. The van der Waals surface area contributed by atoms with Crippen LogP contribution in [0, 0.1) is 13.8 Å². The fourth-order valence-corrected chi connectivity index (χ4v) is 23.9. The van der Waals surface area contributed by atoms with Gasteiger partial charge in [-0.25, -0.2) is 62.8 Å². The van der Waals surface area contributed by atoms with Gasteiger partial charge in [0.2, 0.25) is 0 Å². The topological polar surface area (TPSA) is 212 Å². The zero-order valence-corrected chi connectivity index (χ0v) is 53.8. The van der Waals surface area contributed by atoms with Crippen molar-refractivity contribution in [2.45, 2.75) is 136 Å². The summed E-state index contributed by atoms with van der Waals surface area (Å²) in [4.78, 5) is 21.9. The van der Waals surface area contributed by atoms with Gasteiger partial charge in [0, 0.05) is 180 Å². The minimum atomic E-state index is -1.98. The van der Waals surface area contributed by atoms with E-state index in [0.717, 1.165) is 152 Å². The van der Waals surface area contributed by atoms with E-state index in [1.165, 1.54) is 10.4 Å². The molecule has 0 aromatic carbocycles. The maximum absolute atomic E-state index is 12.4. The predicted molar refractivity (Wildman–Crippen MR) is 334 cm³/mol. The molecule has 8 unspecified atom stereocenters. The van der Waals surface area contributed by atoms with Crippen molar-refractivity contribution in [3.63, 3.8) is 0 Å². The molecule has 0 amide bonds. The molecule has 0 saturated carbocycles. The molecule has 0 aliphatic carbocycles. The number of rotatable bonds is 10. The average molecular weight is 1260 g/mol. The number of halogens is 3. The van der Waals surface area contributed by atoms with Gasteiger partial charge in [0.05, 0.1) is 5.01 Å². The van der Waals surface area contributed by atoms with Crippen LogP contribution in [0.2, 0.25) is 15.5 Å². The van der Waals surface area contributed by atoms with E-state index >= 15 is 0 Å². The number of pyridine rings is 4. The lowest BCUT2D eigenvalue weighted by Crippen LogP contribution is -2.18. The summed E-state index contributed by atoms with van der Waals surface area (Å²) in [6.45, 7) is 3.98. The van der Waals surface area contributed by atoms with Gasteiger partial charge in [0.25, 0.3) is 0 Å². The largest absolute Gasteiger partial charge is 0.261 e. The summed E-state index contributed by atoms with van der Waals surface area (Å²) < 4.78 is 82.2. The molecule has 10 rings (SSSR count). The Bertz CT molecular complexity index is 3050. The van der Waals surface area contributed by atoms with E-state index in [1.54, 1.807) is 83.4 Å². The van der Waals surface area contributed by atoms with Gasteiger partial charge in [0.15, 0.2) is 0 Å². The summed E-state index contributed by atoms with van der Waals surface area (Å²) in [5, 5.41) is 3.59. The molecule has 5 aliphatic rings. The van der Waals surface area contributed by atoms with Gasteiger partial charge in [0.1, 0.15) is 15.5 Å². The van der Waals surface area contributed by atoms with E-state index in [9.17, 15) is 21.0 Å². The third-order valence-corrected chi connectivity index (χ3v) is 31.5. The van der Waals surface area contributed by atoms with Crippen LogP contribution < -0.4 is 0 Å². The van der Waals surface area contributed by atoms with Gasteiger partial charge < -0.3 is 0 Å². The van der Waals surface area contributed by atoms with Crippen molar-refractivity contribution >= 4 is 94.8 Å². The van der Waals surface area contributed by atoms with Gasteiger partial charge in [-0.15, -0.1) is 11.3 Å². The molecule has 5 aromatic rings. The minimum Gasteiger partial charge on any atom is -0.261 e. The summed E-state index contributed by atoms with van der Waals surface area (Å²) in [6.07, 6.45) is 23.4. The summed E-state index contributed by atoms with van der Waals surface area (Å²) in [7, 11) is -1.41. The van der Waals surface area contributed by atoms with Crippen molar-refractivity contribution in [2.24, 2.45) is 21.8 Å². The van der Waals surface area contributed by atoms with E-state index in [2.05, 4.69) is 52.8 Å². The SMILES string of the molecule is CN=S1(=O)CCCC1Cc1ccc(C)nc1.CN=S1(=O)CCCC1Cc1ccc(Cl)nc1.CN=S1(=O)CCCC1Cc1cnc(C)s1.CN=S1(=O)CCC[C@@H]1Cc1ccc(Cl)nc1.CN=S1(=O)CCC[C@H]1Cc1ccc(Cl)nc1. The monoisotopic (exact) mass is 1260 g/mol. The number of aromatic nitrogens is 5. The van der Waals surface area contributed by atoms with Crippen LogP contribution in [-0.2, 0) is 80.7 Å². The summed E-state index contributed by atoms with van der Waals surface area (Å²) >= 11 is 18.9. The van der Waals surface area contributed by atoms with E-state index in [4.69, 9.17) is 34.8 Å². The molecule has 24 heteroatoms. The van der Waals surface area contributed by atoms with Gasteiger partial charge in [-0.1, -0.05) is 59.1 Å². The molecule has 10 atom stereocenters. The Kier molecular flexibility index (Phi) is 25.0. The van der Waals surface area contributed by atoms with Crippen LogP contribution in [0.25, 0.3) is 0 Å². The van der Waals surface area contributed by atoms with E-state index in [-0.39, 0.29) is 26.2 Å². The molecule has 5 saturated heterocycles. The average Bonchev–Trinajstić information content (AvgIpc) is 4.34. The molecule has 5 aliphatic heterocycles. The second kappa shape index (κ2) is 30.4. The second-order valence-electron chi connectivity index (χ2n) is 20.3. The number of thiazole rings is 1. The molecule has 15 nitrogen and oxygen atoms in total. The highest BCUT2D eigenvalue weighted by Gasteiger charge is 2.33. The lowest BCUT2D eigenvalue weighted by Gasteiger charge is -2.12. The third kappa shape index (κ3) is 18.7. The third-order valence-electron chi connectivity index (χ3n) is 15.3.